The van der Waals surface area contributed by atoms with Gasteiger partial charge in [0.25, 0.3) is 0 Å². The van der Waals surface area contributed by atoms with Gasteiger partial charge in [0.1, 0.15) is 0 Å². The van der Waals surface area contributed by atoms with Crippen molar-refractivity contribution in [3.05, 3.63) is 29.8 Å². The minimum atomic E-state index is -0.420. The molecule has 0 radical (unpaired) electrons. The van der Waals surface area contributed by atoms with Crippen molar-refractivity contribution in [2.75, 3.05) is 18.4 Å². The number of nitrogens with two attached hydrogens (primary N) is 1. The first-order valence-electron chi connectivity index (χ1n) is 7.05. The SMILES string of the molecule is CC(C)CNC(=O)CNC(=O)Nc1cccc(C(C)N)c1. The fourth-order valence-electron chi connectivity index (χ4n) is 1.62. The number of amides is 3. The van der Waals surface area contributed by atoms with Gasteiger partial charge in [-0.3, -0.25) is 4.79 Å². The van der Waals surface area contributed by atoms with Gasteiger partial charge >= 0.3 is 6.03 Å². The molecule has 0 heterocycles. The highest BCUT2D eigenvalue weighted by Gasteiger charge is 2.07. The Kier molecular flexibility index (Phi) is 6.68. The van der Waals surface area contributed by atoms with Gasteiger partial charge in [-0.1, -0.05) is 26.0 Å². The normalized spacial score (nSPS) is 11.9. The van der Waals surface area contributed by atoms with E-state index < -0.39 is 6.03 Å². The van der Waals surface area contributed by atoms with Crippen LogP contribution in [0.15, 0.2) is 24.3 Å². The van der Waals surface area contributed by atoms with Crippen LogP contribution in [-0.4, -0.2) is 25.0 Å². The summed E-state index contributed by atoms with van der Waals surface area (Å²) in [4.78, 5) is 23.2. The van der Waals surface area contributed by atoms with Crippen LogP contribution in [0.4, 0.5) is 10.5 Å². The molecule has 1 rings (SSSR count). The molecule has 0 aliphatic rings. The van der Waals surface area contributed by atoms with Crippen molar-refractivity contribution < 1.29 is 9.59 Å². The van der Waals surface area contributed by atoms with Gasteiger partial charge in [-0.25, -0.2) is 4.79 Å². The van der Waals surface area contributed by atoms with E-state index in [1.165, 1.54) is 0 Å². The maximum atomic E-state index is 11.7. The number of urea groups is 1. The zero-order valence-corrected chi connectivity index (χ0v) is 12.8. The average Bonchev–Trinajstić information content (AvgIpc) is 2.43. The molecule has 0 aliphatic heterocycles. The Bertz CT molecular complexity index is 486. The van der Waals surface area contributed by atoms with E-state index in [0.717, 1.165) is 5.56 Å². The molecule has 0 fully saturated rings. The monoisotopic (exact) mass is 292 g/mol. The maximum Gasteiger partial charge on any atom is 0.319 e. The Balaban J connectivity index is 2.40. The molecular formula is C15H24N4O2. The summed E-state index contributed by atoms with van der Waals surface area (Å²) in [6.07, 6.45) is 0. The standard InChI is InChI=1S/C15H24N4O2/c1-10(2)8-17-14(20)9-18-15(21)19-13-6-4-5-12(7-13)11(3)16/h4-7,10-11H,8-9,16H2,1-3H3,(H,17,20)(H2,18,19,21). The van der Waals surface area contributed by atoms with E-state index in [9.17, 15) is 9.59 Å². The van der Waals surface area contributed by atoms with Crippen molar-refractivity contribution in [1.29, 1.82) is 0 Å². The van der Waals surface area contributed by atoms with E-state index >= 15 is 0 Å². The summed E-state index contributed by atoms with van der Waals surface area (Å²) < 4.78 is 0. The lowest BCUT2D eigenvalue weighted by Crippen LogP contribution is -2.40. The van der Waals surface area contributed by atoms with Crippen LogP contribution in [0.25, 0.3) is 0 Å². The summed E-state index contributed by atoms with van der Waals surface area (Å²) in [5, 5.41) is 7.91. The van der Waals surface area contributed by atoms with Gasteiger partial charge in [0.05, 0.1) is 6.54 Å². The summed E-state index contributed by atoms with van der Waals surface area (Å²) in [5.74, 6) is 0.173. The first-order chi connectivity index (χ1) is 9.88. The topological polar surface area (TPSA) is 96.2 Å². The molecule has 6 nitrogen and oxygen atoms in total. The van der Waals surface area contributed by atoms with Crippen LogP contribution in [0.1, 0.15) is 32.4 Å². The highest BCUT2D eigenvalue weighted by molar-refractivity contribution is 5.92. The van der Waals surface area contributed by atoms with Crippen LogP contribution in [-0.2, 0) is 4.79 Å². The number of hydrogen-bond acceptors (Lipinski definition) is 3. The molecule has 0 bridgehead atoms. The van der Waals surface area contributed by atoms with E-state index in [2.05, 4.69) is 16.0 Å². The Morgan fingerprint density at radius 2 is 1.90 bits per heavy atom. The van der Waals surface area contributed by atoms with Gasteiger partial charge in [0, 0.05) is 18.3 Å². The Hall–Kier alpha value is -2.08. The second-order valence-electron chi connectivity index (χ2n) is 5.42. The number of rotatable bonds is 6. The summed E-state index contributed by atoms with van der Waals surface area (Å²) in [7, 11) is 0. The minimum Gasteiger partial charge on any atom is -0.354 e. The lowest BCUT2D eigenvalue weighted by atomic mass is 10.1. The van der Waals surface area contributed by atoms with Gasteiger partial charge in [0.15, 0.2) is 0 Å². The van der Waals surface area contributed by atoms with Gasteiger partial charge in [-0.15, -0.1) is 0 Å². The number of benzene rings is 1. The first kappa shape index (κ1) is 17.0. The third-order valence-electron chi connectivity index (χ3n) is 2.79. The number of carbonyl (C=O) groups excluding carboxylic acids is 2. The molecule has 0 saturated heterocycles. The van der Waals surface area contributed by atoms with E-state index in [4.69, 9.17) is 5.73 Å². The molecule has 3 amide bonds. The second kappa shape index (κ2) is 8.26. The molecule has 116 valence electrons. The highest BCUT2D eigenvalue weighted by Crippen LogP contribution is 2.15. The molecule has 1 atom stereocenters. The largest absolute Gasteiger partial charge is 0.354 e. The molecule has 0 aromatic heterocycles. The van der Waals surface area contributed by atoms with Crippen molar-refractivity contribution in [2.24, 2.45) is 11.7 Å². The predicted molar refractivity (Wildman–Crippen MR) is 83.9 cm³/mol. The lowest BCUT2D eigenvalue weighted by molar-refractivity contribution is -0.120. The fourth-order valence-corrected chi connectivity index (χ4v) is 1.62. The minimum absolute atomic E-state index is 0.0501. The van der Waals surface area contributed by atoms with Crippen LogP contribution in [0.3, 0.4) is 0 Å². The summed E-state index contributed by atoms with van der Waals surface area (Å²) in [5.41, 5.74) is 7.36. The quantitative estimate of drug-likeness (QED) is 0.641. The lowest BCUT2D eigenvalue weighted by Gasteiger charge is -2.11. The van der Waals surface area contributed by atoms with Gasteiger partial charge in [-0.05, 0) is 30.5 Å². The van der Waals surface area contributed by atoms with Crippen LogP contribution in [0.2, 0.25) is 0 Å². The van der Waals surface area contributed by atoms with Crippen LogP contribution >= 0.6 is 0 Å². The second-order valence-corrected chi connectivity index (χ2v) is 5.42. The van der Waals surface area contributed by atoms with E-state index in [-0.39, 0.29) is 18.5 Å². The predicted octanol–water partition coefficient (Wildman–Crippen LogP) is 1.60. The van der Waals surface area contributed by atoms with Gasteiger partial charge in [-0.2, -0.15) is 0 Å². The molecule has 5 N–H and O–H groups in total. The molecule has 1 unspecified atom stereocenters. The number of nitrogens with one attached hydrogen (secondary N) is 3. The Labute approximate surface area is 125 Å². The molecule has 0 spiro atoms. The van der Waals surface area contributed by atoms with Crippen molar-refractivity contribution in [1.82, 2.24) is 10.6 Å². The number of anilines is 1. The number of hydrogen-bond donors (Lipinski definition) is 4. The third kappa shape index (κ3) is 6.76. The third-order valence-corrected chi connectivity index (χ3v) is 2.79. The first-order valence-corrected chi connectivity index (χ1v) is 7.05. The average molecular weight is 292 g/mol. The van der Waals surface area contributed by atoms with Crippen molar-refractivity contribution in [3.63, 3.8) is 0 Å². The molecule has 1 aromatic carbocycles. The smallest absolute Gasteiger partial charge is 0.319 e. The molecule has 6 heteroatoms. The maximum absolute atomic E-state index is 11.7. The van der Waals surface area contributed by atoms with Gasteiger partial charge in [0.2, 0.25) is 5.91 Å². The van der Waals surface area contributed by atoms with Crippen molar-refractivity contribution in [3.8, 4) is 0 Å². The molecule has 21 heavy (non-hydrogen) atoms. The van der Waals surface area contributed by atoms with Crippen molar-refractivity contribution >= 4 is 17.6 Å². The molecule has 0 aliphatic carbocycles. The van der Waals surface area contributed by atoms with E-state index in [1.54, 1.807) is 6.07 Å². The fraction of sp³-hybridized carbons (Fsp3) is 0.467. The highest BCUT2D eigenvalue weighted by atomic mass is 16.2. The Morgan fingerprint density at radius 3 is 2.52 bits per heavy atom. The van der Waals surface area contributed by atoms with Gasteiger partial charge < -0.3 is 21.7 Å². The summed E-state index contributed by atoms with van der Waals surface area (Å²) in [6.45, 7) is 6.43. The van der Waals surface area contributed by atoms with E-state index in [0.29, 0.717) is 18.2 Å². The summed E-state index contributed by atoms with van der Waals surface area (Å²) >= 11 is 0. The van der Waals surface area contributed by atoms with Crippen LogP contribution < -0.4 is 21.7 Å². The molecule has 0 saturated carbocycles. The van der Waals surface area contributed by atoms with Crippen molar-refractivity contribution in [2.45, 2.75) is 26.8 Å². The van der Waals surface area contributed by atoms with Crippen LogP contribution in [0, 0.1) is 5.92 Å². The zero-order chi connectivity index (χ0) is 15.8. The molecule has 1 aromatic rings. The van der Waals surface area contributed by atoms with Crippen LogP contribution in [0.5, 0.6) is 0 Å². The Morgan fingerprint density at radius 1 is 1.19 bits per heavy atom. The zero-order valence-electron chi connectivity index (χ0n) is 12.8. The molecular weight excluding hydrogens is 268 g/mol. The van der Waals surface area contributed by atoms with E-state index in [1.807, 2.05) is 39.0 Å². The number of carbonyl (C=O) groups is 2. The summed E-state index contributed by atoms with van der Waals surface area (Å²) in [6, 6.07) is 6.78.